The lowest BCUT2D eigenvalue weighted by atomic mass is 9.99. The van der Waals surface area contributed by atoms with E-state index in [-0.39, 0.29) is 18.1 Å². The van der Waals surface area contributed by atoms with E-state index in [1.807, 2.05) is 20.8 Å². The van der Waals surface area contributed by atoms with Gasteiger partial charge in [-0.1, -0.05) is 32.4 Å². The molecule has 0 spiro atoms. The van der Waals surface area contributed by atoms with E-state index < -0.39 is 15.4 Å². The molecule has 1 aliphatic heterocycles. The van der Waals surface area contributed by atoms with Gasteiger partial charge in [0.15, 0.2) is 17.6 Å². The van der Waals surface area contributed by atoms with E-state index in [1.54, 1.807) is 12.3 Å². The predicted octanol–water partition coefficient (Wildman–Crippen LogP) is 3.73. The Labute approximate surface area is 158 Å². The van der Waals surface area contributed by atoms with Gasteiger partial charge in [-0.25, -0.2) is 0 Å². The Morgan fingerprint density at radius 2 is 2.16 bits per heavy atom. The van der Waals surface area contributed by atoms with Crippen molar-refractivity contribution in [1.29, 1.82) is 0 Å². The summed E-state index contributed by atoms with van der Waals surface area (Å²) in [6.07, 6.45) is 0.0912. The van der Waals surface area contributed by atoms with Crippen molar-refractivity contribution in [3.05, 3.63) is 9.72 Å². The lowest BCUT2D eigenvalue weighted by Gasteiger charge is -2.25. The first kappa shape index (κ1) is 20.8. The topological polar surface area (TPSA) is 71.1 Å². The zero-order chi connectivity index (χ0) is 18.7. The van der Waals surface area contributed by atoms with Crippen molar-refractivity contribution in [3.63, 3.8) is 0 Å². The van der Waals surface area contributed by atoms with Crippen LogP contribution in [0.15, 0.2) is 5.38 Å². The molecule has 1 aliphatic rings. The Bertz CT molecular complexity index is 665. The lowest BCUT2D eigenvalue weighted by Crippen LogP contribution is -2.33. The summed E-state index contributed by atoms with van der Waals surface area (Å²) in [6.45, 7) is 8.54. The number of halogens is 1. The van der Waals surface area contributed by atoms with Crippen LogP contribution in [0.5, 0.6) is 11.5 Å². The molecule has 9 heteroatoms. The number of ether oxygens (including phenoxy) is 3. The number of fused-ring (bicyclic) bond motifs is 1. The predicted molar refractivity (Wildman–Crippen MR) is 98.5 cm³/mol. The van der Waals surface area contributed by atoms with Gasteiger partial charge in [0, 0.05) is 12.0 Å². The van der Waals surface area contributed by atoms with Crippen LogP contribution in [-0.4, -0.2) is 46.2 Å². The van der Waals surface area contributed by atoms with Crippen molar-refractivity contribution < 1.29 is 26.8 Å². The molecule has 0 aliphatic carbocycles. The third kappa shape index (κ3) is 6.29. The fraction of sp³-hybridized carbons (Fsp3) is 0.750. The Morgan fingerprint density at radius 1 is 1.44 bits per heavy atom. The van der Waals surface area contributed by atoms with Crippen LogP contribution in [0.4, 0.5) is 0 Å². The van der Waals surface area contributed by atoms with Crippen LogP contribution < -0.4 is 9.47 Å². The van der Waals surface area contributed by atoms with E-state index in [4.69, 9.17) is 30.0 Å². The Kier molecular flexibility index (Phi) is 7.01. The monoisotopic (exact) mass is 412 g/mol. The third-order valence-corrected chi connectivity index (χ3v) is 6.33. The Morgan fingerprint density at radius 3 is 2.84 bits per heavy atom. The van der Waals surface area contributed by atoms with Gasteiger partial charge >= 0.3 is 0 Å². The first-order valence-electron chi connectivity index (χ1n) is 8.11. The second-order valence-electron chi connectivity index (χ2n) is 7.24. The van der Waals surface area contributed by atoms with Crippen LogP contribution in [0.25, 0.3) is 0 Å². The van der Waals surface area contributed by atoms with Gasteiger partial charge in [-0.2, -0.15) is 8.42 Å². The maximum atomic E-state index is 12.1. The molecule has 1 aromatic rings. The van der Waals surface area contributed by atoms with E-state index in [2.05, 4.69) is 0 Å². The molecule has 2 rings (SSSR count). The van der Waals surface area contributed by atoms with Crippen molar-refractivity contribution in [3.8, 4) is 11.5 Å². The van der Waals surface area contributed by atoms with Crippen LogP contribution in [0.2, 0.25) is 4.34 Å². The summed E-state index contributed by atoms with van der Waals surface area (Å²) >= 11 is 7.39. The average Bonchev–Trinajstić information content (AvgIpc) is 2.90. The van der Waals surface area contributed by atoms with Crippen molar-refractivity contribution >= 4 is 33.1 Å². The van der Waals surface area contributed by atoms with Crippen molar-refractivity contribution in [2.24, 2.45) is 5.41 Å². The SMILES string of the molecule is CC(CCOCC1COc2csc(Cl)c2O1)S(=O)(=O)OCC(C)(C)C. The number of hydrogen-bond acceptors (Lipinski definition) is 7. The standard InChI is InChI=1S/C16H25ClO6S2/c1-11(25(18,19)22-10-16(2,3)4)5-6-20-7-12-8-21-13-9-24-15(17)14(13)23-12/h9,11-12H,5-8,10H2,1-4H3. The van der Waals surface area contributed by atoms with Gasteiger partial charge in [0.2, 0.25) is 0 Å². The molecule has 1 aromatic heterocycles. The molecule has 0 radical (unpaired) electrons. The van der Waals surface area contributed by atoms with Crippen molar-refractivity contribution in [2.45, 2.75) is 45.5 Å². The van der Waals surface area contributed by atoms with Crippen LogP contribution in [0.1, 0.15) is 34.1 Å². The molecule has 6 nitrogen and oxygen atoms in total. The zero-order valence-electron chi connectivity index (χ0n) is 14.9. The Hall–Kier alpha value is -0.540. The van der Waals surface area contributed by atoms with Gasteiger partial charge in [-0.05, 0) is 18.8 Å². The average molecular weight is 413 g/mol. The number of rotatable bonds is 8. The normalized spacial score (nSPS) is 19.0. The van der Waals surface area contributed by atoms with Crippen molar-refractivity contribution in [2.75, 3.05) is 26.4 Å². The van der Waals surface area contributed by atoms with Gasteiger partial charge in [0.05, 0.1) is 18.5 Å². The highest BCUT2D eigenvalue weighted by atomic mass is 35.5. The van der Waals surface area contributed by atoms with Crippen LogP contribution in [0.3, 0.4) is 0 Å². The highest BCUT2D eigenvalue weighted by molar-refractivity contribution is 7.87. The molecular weight excluding hydrogens is 388 g/mol. The lowest BCUT2D eigenvalue weighted by molar-refractivity contribution is 0.00878. The molecule has 0 aromatic carbocycles. The fourth-order valence-corrected chi connectivity index (χ4v) is 4.01. The summed E-state index contributed by atoms with van der Waals surface area (Å²) in [5, 5.41) is 1.18. The summed E-state index contributed by atoms with van der Waals surface area (Å²) in [7, 11) is -3.59. The zero-order valence-corrected chi connectivity index (χ0v) is 17.3. The molecule has 0 fully saturated rings. The molecule has 2 heterocycles. The van der Waals surface area contributed by atoms with Crippen LogP contribution in [0, 0.1) is 5.41 Å². The highest BCUT2D eigenvalue weighted by Crippen LogP contribution is 2.43. The second kappa shape index (κ2) is 8.43. The first-order chi connectivity index (χ1) is 11.6. The van der Waals surface area contributed by atoms with Crippen molar-refractivity contribution in [1.82, 2.24) is 0 Å². The molecule has 0 saturated carbocycles. The molecule has 2 unspecified atom stereocenters. The van der Waals surface area contributed by atoms with E-state index in [0.717, 1.165) is 0 Å². The van der Waals surface area contributed by atoms with E-state index >= 15 is 0 Å². The smallest absolute Gasteiger partial charge is 0.270 e. The summed E-state index contributed by atoms with van der Waals surface area (Å²) < 4.78 is 46.7. The summed E-state index contributed by atoms with van der Waals surface area (Å²) in [5.74, 6) is 1.21. The third-order valence-electron chi connectivity index (χ3n) is 3.50. The van der Waals surface area contributed by atoms with E-state index in [9.17, 15) is 8.42 Å². The fourth-order valence-electron chi connectivity index (χ4n) is 1.96. The quantitative estimate of drug-likeness (QED) is 0.478. The minimum Gasteiger partial charge on any atom is -0.485 e. The van der Waals surface area contributed by atoms with Crippen LogP contribution >= 0.6 is 22.9 Å². The largest absolute Gasteiger partial charge is 0.485 e. The molecule has 144 valence electrons. The minimum absolute atomic E-state index is 0.164. The maximum absolute atomic E-state index is 12.1. The molecular formula is C16H25ClO6S2. The number of hydrogen-bond donors (Lipinski definition) is 0. The molecule has 0 amide bonds. The van der Waals surface area contributed by atoms with E-state index in [1.165, 1.54) is 11.3 Å². The molecule has 0 N–H and O–H groups in total. The summed E-state index contributed by atoms with van der Waals surface area (Å²) in [5.41, 5.74) is -0.205. The van der Waals surface area contributed by atoms with E-state index in [0.29, 0.717) is 42.1 Å². The summed E-state index contributed by atoms with van der Waals surface area (Å²) in [4.78, 5) is 0. The second-order valence-corrected chi connectivity index (χ2v) is 10.8. The molecule has 0 bridgehead atoms. The van der Waals surface area contributed by atoms with Gasteiger partial charge in [0.1, 0.15) is 10.9 Å². The van der Waals surface area contributed by atoms with Gasteiger partial charge in [0.25, 0.3) is 10.1 Å². The highest BCUT2D eigenvalue weighted by Gasteiger charge is 2.26. The molecule has 0 saturated heterocycles. The molecule has 25 heavy (non-hydrogen) atoms. The van der Waals surface area contributed by atoms with Gasteiger partial charge in [-0.15, -0.1) is 11.3 Å². The van der Waals surface area contributed by atoms with Gasteiger partial charge in [-0.3, -0.25) is 4.18 Å². The van der Waals surface area contributed by atoms with Gasteiger partial charge < -0.3 is 14.2 Å². The first-order valence-corrected chi connectivity index (χ1v) is 10.8. The summed E-state index contributed by atoms with van der Waals surface area (Å²) in [6, 6.07) is 0. The van der Waals surface area contributed by atoms with Crippen LogP contribution in [-0.2, 0) is 19.0 Å². The maximum Gasteiger partial charge on any atom is 0.270 e. The number of thiophene rings is 1. The molecule has 2 atom stereocenters. The minimum atomic E-state index is -3.59. The Balaban J connectivity index is 1.70.